The Bertz CT molecular complexity index is 814. The molecule has 1 atom stereocenters. The largest absolute Gasteiger partial charge is 0.492 e. The molecule has 0 heterocycles. The number of aliphatic hydroxyl groups excluding tert-OH is 1. The van der Waals surface area contributed by atoms with Gasteiger partial charge in [-0.15, -0.1) is 0 Å². The fraction of sp³-hybridized carbons (Fsp3) is 0.583. The Kier molecular flexibility index (Phi) is 5.92. The quantitative estimate of drug-likeness (QED) is 0.760. The van der Waals surface area contributed by atoms with E-state index in [1.165, 1.54) is 12.8 Å². The van der Waals surface area contributed by atoms with Crippen LogP contribution in [0.3, 0.4) is 0 Å². The minimum atomic E-state index is -0.762. The number of nitrogens with two attached hydrogens (primary N) is 1. The molecule has 1 saturated carbocycles. The zero-order valence-corrected chi connectivity index (χ0v) is 17.9. The molecule has 0 saturated heterocycles. The topological polar surface area (TPSA) is 64.7 Å². The van der Waals surface area contributed by atoms with Crippen molar-refractivity contribution in [2.24, 2.45) is 17.1 Å². The molecular formula is C24H35NO3. The van der Waals surface area contributed by atoms with Gasteiger partial charge in [-0.05, 0) is 67.0 Å². The molecule has 0 amide bonds. The Labute approximate surface area is 169 Å². The highest BCUT2D eigenvalue weighted by Gasteiger charge is 2.31. The minimum absolute atomic E-state index is 0.103. The molecular weight excluding hydrogens is 350 g/mol. The summed E-state index contributed by atoms with van der Waals surface area (Å²) in [4.78, 5) is 0. The smallest absolute Gasteiger partial charge is 0.168 e. The number of hydrogen-bond acceptors (Lipinski definition) is 4. The Morgan fingerprint density at radius 1 is 1.04 bits per heavy atom. The minimum Gasteiger partial charge on any atom is -0.492 e. The van der Waals surface area contributed by atoms with Crippen LogP contribution in [0.4, 0.5) is 0 Å². The summed E-state index contributed by atoms with van der Waals surface area (Å²) in [6, 6.07) is 10.0. The van der Waals surface area contributed by atoms with Crippen LogP contribution in [0.5, 0.6) is 11.5 Å². The number of methoxy groups -OCH3 is 1. The summed E-state index contributed by atoms with van der Waals surface area (Å²) in [5, 5.41) is 11.6. The second-order valence-corrected chi connectivity index (χ2v) is 9.57. The molecule has 0 spiro atoms. The first-order chi connectivity index (χ1) is 13.2. The molecule has 154 valence electrons. The molecule has 1 fully saturated rings. The maximum Gasteiger partial charge on any atom is 0.168 e. The van der Waals surface area contributed by atoms with Gasteiger partial charge in [0.15, 0.2) is 11.5 Å². The van der Waals surface area contributed by atoms with E-state index in [0.29, 0.717) is 5.41 Å². The van der Waals surface area contributed by atoms with E-state index < -0.39 is 5.54 Å². The van der Waals surface area contributed by atoms with Gasteiger partial charge in [-0.1, -0.05) is 39.0 Å². The average molecular weight is 386 g/mol. The first kappa shape index (κ1) is 20.9. The van der Waals surface area contributed by atoms with E-state index in [1.807, 2.05) is 37.3 Å². The molecule has 1 aliphatic rings. The zero-order chi connectivity index (χ0) is 20.5. The number of hydrogen-bond donors (Lipinski definition) is 2. The summed E-state index contributed by atoms with van der Waals surface area (Å²) in [5.41, 5.74) is 6.70. The van der Waals surface area contributed by atoms with Gasteiger partial charge in [0.2, 0.25) is 0 Å². The third-order valence-corrected chi connectivity index (χ3v) is 6.32. The Morgan fingerprint density at radius 3 is 2.29 bits per heavy atom. The Balaban J connectivity index is 1.82. The maximum atomic E-state index is 9.55. The van der Waals surface area contributed by atoms with Crippen molar-refractivity contribution < 1.29 is 14.6 Å². The van der Waals surface area contributed by atoms with Crippen molar-refractivity contribution in [3.63, 3.8) is 0 Å². The van der Waals surface area contributed by atoms with E-state index in [2.05, 4.69) is 20.8 Å². The lowest BCUT2D eigenvalue weighted by molar-refractivity contribution is 0.0863. The summed E-state index contributed by atoms with van der Waals surface area (Å²) in [7, 11) is 1.69. The van der Waals surface area contributed by atoms with Crippen molar-refractivity contribution in [3.8, 4) is 11.5 Å². The van der Waals surface area contributed by atoms with Crippen molar-refractivity contribution >= 4 is 10.8 Å². The van der Waals surface area contributed by atoms with Gasteiger partial charge in [0.25, 0.3) is 0 Å². The highest BCUT2D eigenvalue weighted by atomic mass is 16.5. The Hall–Kier alpha value is -1.78. The molecule has 3 N–H and O–H groups in total. The van der Waals surface area contributed by atoms with Crippen LogP contribution in [-0.2, 0) is 5.54 Å². The third-order valence-electron chi connectivity index (χ3n) is 6.32. The van der Waals surface area contributed by atoms with E-state index in [0.717, 1.165) is 46.6 Å². The zero-order valence-electron chi connectivity index (χ0n) is 17.9. The van der Waals surface area contributed by atoms with Crippen molar-refractivity contribution in [2.75, 3.05) is 13.7 Å². The lowest BCUT2D eigenvalue weighted by atomic mass is 9.72. The standard InChI is InChI=1S/C24H35NO3/c1-23(2,3)17-7-10-19(11-8-17)28-21-13-6-16-14-18(24(4,25)15-26)9-12-20(16)22(21)27-5/h6,9,12-14,17,19,26H,7-8,10-11,15,25H2,1-5H3. The SMILES string of the molecule is COc1c(OC2CCC(C(C)(C)C)CC2)ccc2cc(C(C)(N)CO)ccc12. The van der Waals surface area contributed by atoms with E-state index >= 15 is 0 Å². The number of benzene rings is 2. The molecule has 2 aromatic carbocycles. The van der Waals surface area contributed by atoms with Crippen molar-refractivity contribution in [2.45, 2.75) is 65.0 Å². The molecule has 1 aliphatic carbocycles. The van der Waals surface area contributed by atoms with Gasteiger partial charge in [0, 0.05) is 5.39 Å². The lowest BCUT2D eigenvalue weighted by Crippen LogP contribution is -2.36. The molecule has 1 unspecified atom stereocenters. The van der Waals surface area contributed by atoms with Crippen molar-refractivity contribution in [1.82, 2.24) is 0 Å². The number of ether oxygens (including phenoxy) is 2. The third kappa shape index (κ3) is 4.28. The molecule has 0 radical (unpaired) electrons. The fourth-order valence-electron chi connectivity index (χ4n) is 4.26. The fourth-order valence-corrected chi connectivity index (χ4v) is 4.26. The molecule has 0 bridgehead atoms. The van der Waals surface area contributed by atoms with Gasteiger partial charge in [-0.25, -0.2) is 0 Å². The molecule has 28 heavy (non-hydrogen) atoms. The van der Waals surface area contributed by atoms with Crippen molar-refractivity contribution in [3.05, 3.63) is 35.9 Å². The van der Waals surface area contributed by atoms with E-state index in [1.54, 1.807) is 7.11 Å². The van der Waals surface area contributed by atoms with Crippen LogP contribution in [0, 0.1) is 11.3 Å². The highest BCUT2D eigenvalue weighted by Crippen LogP contribution is 2.41. The molecule has 4 nitrogen and oxygen atoms in total. The normalized spacial score (nSPS) is 22.7. The first-order valence-electron chi connectivity index (χ1n) is 10.3. The van der Waals surface area contributed by atoms with Gasteiger partial charge in [0.05, 0.1) is 25.4 Å². The molecule has 3 rings (SSSR count). The summed E-state index contributed by atoms with van der Waals surface area (Å²) in [6.07, 6.45) is 4.84. The van der Waals surface area contributed by atoms with Crippen LogP contribution in [0.2, 0.25) is 0 Å². The van der Waals surface area contributed by atoms with E-state index in [4.69, 9.17) is 15.2 Å². The average Bonchev–Trinajstić information content (AvgIpc) is 2.67. The van der Waals surface area contributed by atoms with Crippen LogP contribution in [0.25, 0.3) is 10.8 Å². The summed E-state index contributed by atoms with van der Waals surface area (Å²) in [5.74, 6) is 2.34. The van der Waals surface area contributed by atoms with Crippen LogP contribution in [-0.4, -0.2) is 24.9 Å². The van der Waals surface area contributed by atoms with Crippen LogP contribution in [0.15, 0.2) is 30.3 Å². The van der Waals surface area contributed by atoms with Gasteiger partial charge in [-0.2, -0.15) is 0 Å². The van der Waals surface area contributed by atoms with Crippen LogP contribution in [0.1, 0.15) is 58.9 Å². The molecule has 2 aromatic rings. The molecule has 0 aliphatic heterocycles. The van der Waals surface area contributed by atoms with Gasteiger partial charge in [-0.3, -0.25) is 0 Å². The van der Waals surface area contributed by atoms with E-state index in [-0.39, 0.29) is 12.7 Å². The predicted octanol–water partition coefficient (Wildman–Crippen LogP) is 5.00. The second kappa shape index (κ2) is 7.92. The van der Waals surface area contributed by atoms with Crippen LogP contribution < -0.4 is 15.2 Å². The second-order valence-electron chi connectivity index (χ2n) is 9.57. The summed E-state index contributed by atoms with van der Waals surface area (Å²) >= 11 is 0. The van der Waals surface area contributed by atoms with E-state index in [9.17, 15) is 5.11 Å². The number of fused-ring (bicyclic) bond motifs is 1. The lowest BCUT2D eigenvalue weighted by Gasteiger charge is -2.37. The molecule has 4 heteroatoms. The number of rotatable bonds is 5. The van der Waals surface area contributed by atoms with Gasteiger partial charge >= 0.3 is 0 Å². The first-order valence-corrected chi connectivity index (χ1v) is 10.3. The van der Waals surface area contributed by atoms with Crippen LogP contribution >= 0.6 is 0 Å². The maximum absolute atomic E-state index is 9.55. The monoisotopic (exact) mass is 385 g/mol. The number of aliphatic hydroxyl groups is 1. The van der Waals surface area contributed by atoms with Gasteiger partial charge < -0.3 is 20.3 Å². The summed E-state index contributed by atoms with van der Waals surface area (Å²) < 4.78 is 12.1. The summed E-state index contributed by atoms with van der Waals surface area (Å²) in [6.45, 7) is 8.73. The van der Waals surface area contributed by atoms with Crippen molar-refractivity contribution in [1.29, 1.82) is 0 Å². The molecule has 0 aromatic heterocycles. The Morgan fingerprint density at radius 2 is 1.71 bits per heavy atom. The van der Waals surface area contributed by atoms with Gasteiger partial charge in [0.1, 0.15) is 0 Å². The predicted molar refractivity (Wildman–Crippen MR) is 115 cm³/mol. The highest BCUT2D eigenvalue weighted by molar-refractivity contribution is 5.91.